The first-order valence-electron chi connectivity index (χ1n) is 6.47. The Morgan fingerprint density at radius 1 is 1.14 bits per heavy atom. The number of aromatic amines is 1. The van der Waals surface area contributed by atoms with E-state index in [9.17, 15) is 4.79 Å². The topological polar surface area (TPSA) is 71.8 Å². The van der Waals surface area contributed by atoms with Gasteiger partial charge in [-0.15, -0.1) is 10.2 Å². The molecular formula is C15H13N3O2S. The number of thioether (sulfide) groups is 1. The minimum atomic E-state index is 0.00723. The third kappa shape index (κ3) is 3.61. The molecule has 0 bridgehead atoms. The number of ketones is 1. The van der Waals surface area contributed by atoms with Gasteiger partial charge in [0.25, 0.3) is 5.22 Å². The zero-order chi connectivity index (χ0) is 14.5. The van der Waals surface area contributed by atoms with Crippen LogP contribution in [0.25, 0.3) is 0 Å². The van der Waals surface area contributed by atoms with Crippen molar-refractivity contribution in [1.29, 1.82) is 0 Å². The van der Waals surface area contributed by atoms with Crippen molar-refractivity contribution < 1.29 is 9.21 Å². The van der Waals surface area contributed by atoms with Crippen LogP contribution in [0.2, 0.25) is 0 Å². The first-order valence-corrected chi connectivity index (χ1v) is 7.45. The summed E-state index contributed by atoms with van der Waals surface area (Å²) in [5.41, 5.74) is 1.70. The third-order valence-electron chi connectivity index (χ3n) is 2.87. The van der Waals surface area contributed by atoms with E-state index in [-0.39, 0.29) is 11.5 Å². The van der Waals surface area contributed by atoms with Crippen molar-refractivity contribution in [2.24, 2.45) is 0 Å². The lowest BCUT2D eigenvalue weighted by molar-refractivity contribution is 0.101. The number of nitrogens with zero attached hydrogens (tertiary/aromatic N) is 2. The van der Waals surface area contributed by atoms with Crippen LogP contribution < -0.4 is 0 Å². The molecular weight excluding hydrogens is 286 g/mol. The smallest absolute Gasteiger partial charge is 0.277 e. The zero-order valence-corrected chi connectivity index (χ0v) is 12.0. The highest BCUT2D eigenvalue weighted by molar-refractivity contribution is 7.99. The molecule has 0 spiro atoms. The molecule has 0 aliphatic heterocycles. The highest BCUT2D eigenvalue weighted by Gasteiger charge is 2.11. The summed E-state index contributed by atoms with van der Waals surface area (Å²) in [7, 11) is 0. The van der Waals surface area contributed by atoms with Crippen molar-refractivity contribution in [2.45, 2.75) is 11.6 Å². The van der Waals surface area contributed by atoms with E-state index in [1.54, 1.807) is 18.3 Å². The van der Waals surface area contributed by atoms with E-state index in [1.807, 2.05) is 30.3 Å². The van der Waals surface area contributed by atoms with Crippen molar-refractivity contribution in [3.05, 3.63) is 65.8 Å². The largest absolute Gasteiger partial charge is 0.416 e. The van der Waals surface area contributed by atoms with Gasteiger partial charge in [-0.05, 0) is 17.7 Å². The van der Waals surface area contributed by atoms with Crippen molar-refractivity contribution in [3.63, 3.8) is 0 Å². The van der Waals surface area contributed by atoms with Gasteiger partial charge in [-0.1, -0.05) is 42.1 Å². The molecule has 1 N–H and O–H groups in total. The molecule has 0 radical (unpaired) electrons. The third-order valence-corrected chi connectivity index (χ3v) is 3.69. The van der Waals surface area contributed by atoms with Crippen LogP contribution in [0.1, 0.15) is 21.9 Å². The van der Waals surface area contributed by atoms with Gasteiger partial charge in [0.05, 0.1) is 17.9 Å². The van der Waals surface area contributed by atoms with Crippen LogP contribution in [0.3, 0.4) is 0 Å². The highest BCUT2D eigenvalue weighted by atomic mass is 32.2. The first kappa shape index (κ1) is 13.6. The van der Waals surface area contributed by atoms with Crippen molar-refractivity contribution >= 4 is 17.5 Å². The number of H-pyrrole nitrogens is 1. The summed E-state index contributed by atoms with van der Waals surface area (Å²) in [6, 6.07) is 13.5. The summed E-state index contributed by atoms with van der Waals surface area (Å²) in [6.45, 7) is 0. The fourth-order valence-electron chi connectivity index (χ4n) is 1.85. The Labute approximate surface area is 125 Å². The van der Waals surface area contributed by atoms with Gasteiger partial charge in [-0.2, -0.15) is 0 Å². The molecule has 5 nitrogen and oxygen atoms in total. The van der Waals surface area contributed by atoms with E-state index in [2.05, 4.69) is 15.2 Å². The lowest BCUT2D eigenvalue weighted by Crippen LogP contribution is -2.02. The summed E-state index contributed by atoms with van der Waals surface area (Å²) in [5, 5.41) is 8.36. The van der Waals surface area contributed by atoms with Gasteiger partial charge in [0.15, 0.2) is 5.78 Å². The molecule has 2 aromatic heterocycles. The maximum Gasteiger partial charge on any atom is 0.277 e. The van der Waals surface area contributed by atoms with Crippen LogP contribution in [0.4, 0.5) is 0 Å². The first-order chi connectivity index (χ1) is 10.3. The summed E-state index contributed by atoms with van der Waals surface area (Å²) >= 11 is 1.25. The van der Waals surface area contributed by atoms with E-state index in [1.165, 1.54) is 11.8 Å². The van der Waals surface area contributed by atoms with E-state index < -0.39 is 0 Å². The van der Waals surface area contributed by atoms with Crippen molar-refractivity contribution in [3.8, 4) is 0 Å². The van der Waals surface area contributed by atoms with Crippen LogP contribution in [0, 0.1) is 0 Å². The molecule has 3 rings (SSSR count). The second kappa shape index (κ2) is 6.41. The van der Waals surface area contributed by atoms with Crippen LogP contribution in [0.15, 0.2) is 58.3 Å². The number of aromatic nitrogens is 3. The van der Waals surface area contributed by atoms with Crippen LogP contribution in [-0.4, -0.2) is 26.7 Å². The van der Waals surface area contributed by atoms with Crippen LogP contribution in [-0.2, 0) is 6.42 Å². The van der Waals surface area contributed by atoms with Crippen LogP contribution >= 0.6 is 11.8 Å². The number of carbonyl (C=O) groups excluding carboxylic acids is 1. The molecule has 0 atom stereocenters. The number of rotatable bonds is 6. The van der Waals surface area contributed by atoms with Gasteiger partial charge in [0.2, 0.25) is 5.89 Å². The molecule has 0 unspecified atom stereocenters. The Kier molecular flexibility index (Phi) is 4.16. The monoisotopic (exact) mass is 299 g/mol. The lowest BCUT2D eigenvalue weighted by Gasteiger charge is -1.96. The summed E-state index contributed by atoms with van der Waals surface area (Å²) in [4.78, 5) is 14.7. The molecule has 106 valence electrons. The molecule has 0 fully saturated rings. The van der Waals surface area contributed by atoms with E-state index >= 15 is 0 Å². The number of nitrogens with one attached hydrogen (secondary N) is 1. The van der Waals surface area contributed by atoms with Gasteiger partial charge in [0.1, 0.15) is 0 Å². The molecule has 0 saturated carbocycles. The lowest BCUT2D eigenvalue weighted by atomic mass is 10.2. The molecule has 2 heterocycles. The molecule has 1 aromatic carbocycles. The van der Waals surface area contributed by atoms with E-state index in [4.69, 9.17) is 4.42 Å². The minimum absolute atomic E-state index is 0.00723. The van der Waals surface area contributed by atoms with E-state index in [0.29, 0.717) is 23.2 Å². The Hall–Kier alpha value is -2.34. The number of carbonyl (C=O) groups is 1. The zero-order valence-electron chi connectivity index (χ0n) is 11.2. The second-order valence-corrected chi connectivity index (χ2v) is 5.35. The Morgan fingerprint density at radius 3 is 2.76 bits per heavy atom. The molecule has 3 aromatic rings. The maximum absolute atomic E-state index is 11.8. The van der Waals surface area contributed by atoms with Gasteiger partial charge in [-0.25, -0.2) is 0 Å². The minimum Gasteiger partial charge on any atom is -0.416 e. The predicted molar refractivity (Wildman–Crippen MR) is 79.4 cm³/mol. The Balaban J connectivity index is 1.57. The average Bonchev–Trinajstić information content (AvgIpc) is 3.17. The molecule has 0 aliphatic carbocycles. The SMILES string of the molecule is O=C(CSc1nnc(Cc2ccccc2)o1)c1ccc[nH]1. The normalized spacial score (nSPS) is 10.7. The maximum atomic E-state index is 11.8. The number of hydrogen-bond acceptors (Lipinski definition) is 5. The fourth-order valence-corrected chi connectivity index (χ4v) is 2.51. The van der Waals surface area contributed by atoms with Gasteiger partial charge >= 0.3 is 0 Å². The summed E-state index contributed by atoms with van der Waals surface area (Å²) in [5.74, 6) is 0.830. The molecule has 0 amide bonds. The summed E-state index contributed by atoms with van der Waals surface area (Å²) < 4.78 is 5.53. The molecule has 0 saturated heterocycles. The summed E-state index contributed by atoms with van der Waals surface area (Å²) in [6.07, 6.45) is 2.32. The second-order valence-electron chi connectivity index (χ2n) is 4.42. The Morgan fingerprint density at radius 2 is 2.00 bits per heavy atom. The average molecular weight is 299 g/mol. The number of hydrogen-bond donors (Lipinski definition) is 1. The quantitative estimate of drug-likeness (QED) is 0.559. The predicted octanol–water partition coefficient (Wildman–Crippen LogP) is 2.96. The Bertz CT molecular complexity index is 708. The van der Waals surface area contributed by atoms with Gasteiger partial charge in [0, 0.05) is 6.20 Å². The highest BCUT2D eigenvalue weighted by Crippen LogP contribution is 2.18. The molecule has 6 heteroatoms. The van der Waals surface area contributed by atoms with Crippen molar-refractivity contribution in [2.75, 3.05) is 5.75 Å². The fraction of sp³-hybridized carbons (Fsp3) is 0.133. The van der Waals surface area contributed by atoms with Gasteiger partial charge in [-0.3, -0.25) is 4.79 Å². The molecule has 21 heavy (non-hydrogen) atoms. The van der Waals surface area contributed by atoms with Gasteiger partial charge < -0.3 is 9.40 Å². The van der Waals surface area contributed by atoms with Crippen LogP contribution in [0.5, 0.6) is 0 Å². The number of Topliss-reactive ketones (excluding diaryl/α,β-unsaturated/α-hetero) is 1. The molecule has 0 aliphatic rings. The standard InChI is InChI=1S/C15H13N3O2S/c19-13(12-7-4-8-16-12)10-21-15-18-17-14(20-15)9-11-5-2-1-3-6-11/h1-8,16H,9-10H2. The number of benzene rings is 1. The van der Waals surface area contributed by atoms with E-state index in [0.717, 1.165) is 5.56 Å². The van der Waals surface area contributed by atoms with Crippen molar-refractivity contribution in [1.82, 2.24) is 15.2 Å².